The maximum Gasteiger partial charge on any atom is 0.422 e. The molecule has 1 fully saturated rings. The number of imide groups is 1. The Balaban J connectivity index is 0.000000240. The molecule has 0 N–H and O–H groups in total. The molecular formula is C45H26F19NO8. The fourth-order valence-corrected chi connectivity index (χ4v) is 6.06. The second-order valence-corrected chi connectivity index (χ2v) is 15.1. The Morgan fingerprint density at radius 2 is 0.767 bits per heavy atom. The van der Waals surface area contributed by atoms with E-state index in [0.29, 0.717) is 31.2 Å². The maximum absolute atomic E-state index is 14.0. The van der Waals surface area contributed by atoms with Gasteiger partial charge in [-0.3, -0.25) is 9.59 Å². The van der Waals surface area contributed by atoms with Crippen LogP contribution in [0.1, 0.15) is 88.4 Å². The average molecular weight is 1070 g/mol. The highest BCUT2D eigenvalue weighted by molar-refractivity contribution is 6.02. The zero-order valence-corrected chi connectivity index (χ0v) is 36.6. The molecule has 5 aromatic carbocycles. The van der Waals surface area contributed by atoms with Crippen LogP contribution in [0.15, 0.2) is 60.7 Å². The zero-order chi connectivity index (χ0) is 55.6. The van der Waals surface area contributed by atoms with Crippen LogP contribution in [0, 0.1) is 68.4 Å². The number of hydrogen-bond donors (Lipinski definition) is 0. The molecule has 73 heavy (non-hydrogen) atoms. The number of carbonyl (C=O) groups excluding carboxylic acids is 5. The molecular weight excluding hydrogens is 1040 g/mol. The summed E-state index contributed by atoms with van der Waals surface area (Å²) in [5, 5.41) is 0.290. The predicted octanol–water partition coefficient (Wildman–Crippen LogP) is 13.0. The summed E-state index contributed by atoms with van der Waals surface area (Å²) in [5.41, 5.74) is -8.77. The lowest BCUT2D eigenvalue weighted by Crippen LogP contribution is -2.32. The number of aryl methyl sites for hydroxylation is 3. The highest BCUT2D eigenvalue weighted by atomic mass is 19.4. The first-order valence-corrected chi connectivity index (χ1v) is 19.5. The molecule has 5 aromatic rings. The molecule has 1 aliphatic heterocycles. The van der Waals surface area contributed by atoms with Gasteiger partial charge in [0.2, 0.25) is 23.2 Å². The van der Waals surface area contributed by atoms with Gasteiger partial charge in [0, 0.05) is 24.5 Å². The summed E-state index contributed by atoms with van der Waals surface area (Å²) in [6, 6.07) is 6.62. The number of rotatable bonds is 6. The van der Waals surface area contributed by atoms with E-state index >= 15 is 0 Å². The number of hydroxylamine groups is 2. The standard InChI is InChI=1S/C17H9F9O2.C15H7F7O2.C13H10F3NO4/c1-6-3-8(5-9(4-6)16(21,22)23)15(27)28-14-7(2)11(18)10(17(24,25)26)12(19)13(14)20;1-6-2-7(4-8(3-6)15(20,21)22)14(23)24-13-11(18)9(16)5-10(17)12(13)19;1-7-4-8(6-9(5-7)13(14,15)16)12(20)21-17-10(18)2-3-11(17)19/h3-5H,1-2H3;2-5H,1H3;4-6H,2-3H2,1H3. The minimum absolute atomic E-state index is 0.0168. The van der Waals surface area contributed by atoms with Crippen LogP contribution in [0.5, 0.6) is 11.5 Å². The molecule has 0 atom stereocenters. The van der Waals surface area contributed by atoms with Crippen molar-refractivity contribution in [2.45, 2.75) is 65.2 Å². The van der Waals surface area contributed by atoms with Crippen molar-refractivity contribution in [3.63, 3.8) is 0 Å². The fraction of sp³-hybridized carbons (Fsp3) is 0.222. The molecule has 0 spiro atoms. The van der Waals surface area contributed by atoms with Crippen LogP contribution in [-0.4, -0.2) is 34.8 Å². The Bertz CT molecular complexity index is 2940. The van der Waals surface area contributed by atoms with Crippen molar-refractivity contribution in [3.05, 3.63) is 163 Å². The molecule has 1 saturated heterocycles. The monoisotopic (exact) mass is 1070 g/mol. The predicted molar refractivity (Wildman–Crippen MR) is 207 cm³/mol. The molecule has 392 valence electrons. The van der Waals surface area contributed by atoms with Crippen molar-refractivity contribution < 1.29 is 122 Å². The largest absolute Gasteiger partial charge is 0.422 e. The van der Waals surface area contributed by atoms with Crippen molar-refractivity contribution in [2.24, 2.45) is 0 Å². The molecule has 6 rings (SSSR count). The van der Waals surface area contributed by atoms with Gasteiger partial charge >= 0.3 is 42.6 Å². The van der Waals surface area contributed by atoms with Crippen LogP contribution in [0.25, 0.3) is 0 Å². The summed E-state index contributed by atoms with van der Waals surface area (Å²) in [5.74, 6) is -23.8. The van der Waals surface area contributed by atoms with E-state index < -0.39 is 146 Å². The first-order chi connectivity index (χ1) is 33.3. The number of esters is 2. The van der Waals surface area contributed by atoms with E-state index in [-0.39, 0.29) is 46.2 Å². The van der Waals surface area contributed by atoms with Crippen molar-refractivity contribution >= 4 is 29.7 Å². The number of carbonyl (C=O) groups is 5. The van der Waals surface area contributed by atoms with E-state index in [0.717, 1.165) is 24.3 Å². The first kappa shape index (κ1) is 57.9. The number of nitrogens with zero attached hydrogens (tertiary/aromatic N) is 1. The molecule has 1 heterocycles. The maximum atomic E-state index is 14.0. The molecule has 0 radical (unpaired) electrons. The van der Waals surface area contributed by atoms with Crippen LogP contribution in [-0.2, 0) is 39.1 Å². The molecule has 0 aromatic heterocycles. The van der Waals surface area contributed by atoms with Gasteiger partial charge in [-0.25, -0.2) is 31.9 Å². The fourth-order valence-electron chi connectivity index (χ4n) is 6.06. The average Bonchev–Trinajstić information content (AvgIpc) is 3.58. The Labute approximate surface area is 395 Å². The van der Waals surface area contributed by atoms with Crippen molar-refractivity contribution in [1.82, 2.24) is 5.06 Å². The number of alkyl halides is 12. The molecule has 0 aliphatic carbocycles. The van der Waals surface area contributed by atoms with Gasteiger partial charge in [0.05, 0.1) is 33.4 Å². The van der Waals surface area contributed by atoms with Gasteiger partial charge < -0.3 is 14.3 Å². The number of ether oxygens (including phenoxy) is 2. The third-order valence-corrected chi connectivity index (χ3v) is 9.35. The minimum Gasteiger partial charge on any atom is -0.419 e. The van der Waals surface area contributed by atoms with Crippen molar-refractivity contribution in [1.29, 1.82) is 0 Å². The van der Waals surface area contributed by atoms with Crippen LogP contribution in [0.3, 0.4) is 0 Å². The molecule has 2 amide bonds. The quantitative estimate of drug-likeness (QED) is 0.0543. The van der Waals surface area contributed by atoms with Crippen LogP contribution < -0.4 is 9.47 Å². The Hall–Kier alpha value is -7.68. The van der Waals surface area contributed by atoms with Crippen molar-refractivity contribution in [3.8, 4) is 11.5 Å². The summed E-state index contributed by atoms with van der Waals surface area (Å²) < 4.78 is 256. The van der Waals surface area contributed by atoms with Gasteiger partial charge in [-0.1, -0.05) is 0 Å². The SMILES string of the molecule is Cc1cc(C(=O)ON2C(=O)CCC2=O)cc(C(F)(F)F)c1.Cc1cc(C(=O)Oc2c(C)c(F)c(C(F)(F)F)c(F)c2F)cc(C(F)(F)F)c1.Cc1cc(C(=O)Oc2c(F)c(F)cc(F)c2F)cc(C(F)(F)F)c1. The molecule has 9 nitrogen and oxygen atoms in total. The van der Waals surface area contributed by atoms with E-state index in [4.69, 9.17) is 0 Å². The molecule has 0 bridgehead atoms. The third-order valence-electron chi connectivity index (χ3n) is 9.35. The highest BCUT2D eigenvalue weighted by Gasteiger charge is 2.42. The lowest BCUT2D eigenvalue weighted by Gasteiger charge is -2.16. The second-order valence-electron chi connectivity index (χ2n) is 15.1. The van der Waals surface area contributed by atoms with Gasteiger partial charge in [0.1, 0.15) is 11.4 Å². The summed E-state index contributed by atoms with van der Waals surface area (Å²) in [4.78, 5) is 62.8. The number of halogens is 19. The van der Waals surface area contributed by atoms with Crippen LogP contribution in [0.4, 0.5) is 83.4 Å². The van der Waals surface area contributed by atoms with E-state index in [1.807, 2.05) is 0 Å². The lowest BCUT2D eigenvalue weighted by atomic mass is 10.1. The molecule has 28 heteroatoms. The van der Waals surface area contributed by atoms with Gasteiger partial charge in [0.15, 0.2) is 23.2 Å². The summed E-state index contributed by atoms with van der Waals surface area (Å²) >= 11 is 0. The highest BCUT2D eigenvalue weighted by Crippen LogP contribution is 2.41. The van der Waals surface area contributed by atoms with Gasteiger partial charge in [-0.2, -0.15) is 65.9 Å². The zero-order valence-electron chi connectivity index (χ0n) is 36.6. The topological polar surface area (TPSA) is 116 Å². The molecule has 0 saturated carbocycles. The van der Waals surface area contributed by atoms with E-state index in [9.17, 15) is 107 Å². The Morgan fingerprint density at radius 1 is 0.425 bits per heavy atom. The smallest absolute Gasteiger partial charge is 0.419 e. The molecule has 0 unspecified atom stereocenters. The summed E-state index contributed by atoms with van der Waals surface area (Å²) in [7, 11) is 0. The minimum atomic E-state index is -5.57. The normalized spacial score (nSPS) is 12.9. The third kappa shape index (κ3) is 14.1. The summed E-state index contributed by atoms with van der Waals surface area (Å²) in [6.07, 6.45) is -20.0. The van der Waals surface area contributed by atoms with Crippen molar-refractivity contribution in [2.75, 3.05) is 0 Å². The second kappa shape index (κ2) is 21.6. The Morgan fingerprint density at radius 3 is 1.11 bits per heavy atom. The lowest BCUT2D eigenvalue weighted by molar-refractivity contribution is -0.172. The number of hydrogen-bond acceptors (Lipinski definition) is 8. The van der Waals surface area contributed by atoms with E-state index in [1.165, 1.54) is 26.8 Å². The summed E-state index contributed by atoms with van der Waals surface area (Å²) in [6.45, 7) is 4.43. The molecule has 1 aliphatic rings. The van der Waals surface area contributed by atoms with Gasteiger partial charge in [0.25, 0.3) is 11.8 Å². The van der Waals surface area contributed by atoms with Crippen LogP contribution in [0.2, 0.25) is 0 Å². The van der Waals surface area contributed by atoms with E-state index in [2.05, 4.69) is 14.3 Å². The van der Waals surface area contributed by atoms with E-state index in [1.54, 1.807) is 0 Å². The number of amides is 2. The first-order valence-electron chi connectivity index (χ1n) is 19.5. The Kier molecular flexibility index (Phi) is 17.1. The van der Waals surface area contributed by atoms with Crippen LogP contribution >= 0.6 is 0 Å². The van der Waals surface area contributed by atoms with Gasteiger partial charge in [-0.15, -0.1) is 5.06 Å². The van der Waals surface area contributed by atoms with Gasteiger partial charge in [-0.05, 0) is 99.0 Å². The number of benzene rings is 5.